The third kappa shape index (κ3) is 6.11. The molecule has 1 atom stereocenters. The Bertz CT molecular complexity index is 252. The highest BCUT2D eigenvalue weighted by Crippen LogP contribution is 2.19. The zero-order valence-electron chi connectivity index (χ0n) is 11.7. The minimum Gasteiger partial charge on any atom is -0.376 e. The fourth-order valence-corrected chi connectivity index (χ4v) is 2.85. The molecule has 0 radical (unpaired) electrons. The molecule has 2 rings (SSSR count). The number of halogens is 1. The molecule has 0 bridgehead atoms. The first kappa shape index (κ1) is 16.7. The summed E-state index contributed by atoms with van der Waals surface area (Å²) in [7, 11) is 0. The largest absolute Gasteiger partial charge is 0.376 e. The molecular weight excluding hydrogens is 264 g/mol. The van der Waals surface area contributed by atoms with Gasteiger partial charge in [-0.2, -0.15) is 0 Å². The number of amides is 1. The Balaban J connectivity index is 0.00000180. The second-order valence-electron chi connectivity index (χ2n) is 5.47. The predicted octanol–water partition coefficient (Wildman–Crippen LogP) is 1.87. The highest BCUT2D eigenvalue weighted by Gasteiger charge is 2.20. The Labute approximate surface area is 122 Å². The SMILES string of the molecule is Cl.O=C(NCCOC1CCCCC1)C1CCCNC1. The lowest BCUT2D eigenvalue weighted by molar-refractivity contribution is -0.125. The number of ether oxygens (including phenoxy) is 1. The van der Waals surface area contributed by atoms with Crippen molar-refractivity contribution in [1.29, 1.82) is 0 Å². The molecule has 0 aromatic heterocycles. The standard InChI is InChI=1S/C14H26N2O2.ClH/c17-14(12-5-4-8-15-11-12)16-9-10-18-13-6-2-1-3-7-13;/h12-13,15H,1-11H2,(H,16,17);1H. The quantitative estimate of drug-likeness (QED) is 0.760. The molecule has 1 saturated heterocycles. The smallest absolute Gasteiger partial charge is 0.224 e. The fraction of sp³-hybridized carbons (Fsp3) is 0.929. The maximum atomic E-state index is 11.8. The monoisotopic (exact) mass is 290 g/mol. The molecule has 1 amide bonds. The molecular formula is C14H27ClN2O2. The lowest BCUT2D eigenvalue weighted by atomic mass is 9.98. The average Bonchev–Trinajstić information content (AvgIpc) is 2.45. The highest BCUT2D eigenvalue weighted by molar-refractivity contribution is 5.85. The number of piperidine rings is 1. The molecule has 5 heteroatoms. The van der Waals surface area contributed by atoms with Crippen LogP contribution in [0.2, 0.25) is 0 Å². The van der Waals surface area contributed by atoms with Gasteiger partial charge in [0.25, 0.3) is 0 Å². The summed E-state index contributed by atoms with van der Waals surface area (Å²) in [6.07, 6.45) is 8.90. The first-order valence-electron chi connectivity index (χ1n) is 7.46. The summed E-state index contributed by atoms with van der Waals surface area (Å²) in [4.78, 5) is 11.8. The first-order valence-corrected chi connectivity index (χ1v) is 7.46. The van der Waals surface area contributed by atoms with Crippen LogP contribution in [0, 0.1) is 5.92 Å². The van der Waals surface area contributed by atoms with Crippen molar-refractivity contribution in [3.05, 3.63) is 0 Å². The zero-order chi connectivity index (χ0) is 12.6. The summed E-state index contributed by atoms with van der Waals surface area (Å²) < 4.78 is 5.79. The fourth-order valence-electron chi connectivity index (χ4n) is 2.85. The third-order valence-corrected chi connectivity index (χ3v) is 3.97. The number of nitrogens with one attached hydrogen (secondary N) is 2. The van der Waals surface area contributed by atoms with Gasteiger partial charge in [-0.15, -0.1) is 12.4 Å². The van der Waals surface area contributed by atoms with E-state index in [2.05, 4.69) is 10.6 Å². The molecule has 0 aromatic carbocycles. The van der Waals surface area contributed by atoms with Crippen LogP contribution in [0.3, 0.4) is 0 Å². The molecule has 0 spiro atoms. The molecule has 1 aliphatic heterocycles. The van der Waals surface area contributed by atoms with Crippen LogP contribution in [-0.2, 0) is 9.53 Å². The van der Waals surface area contributed by atoms with E-state index in [4.69, 9.17) is 4.74 Å². The van der Waals surface area contributed by atoms with Crippen molar-refractivity contribution in [1.82, 2.24) is 10.6 Å². The van der Waals surface area contributed by atoms with Gasteiger partial charge in [0.1, 0.15) is 0 Å². The van der Waals surface area contributed by atoms with Crippen molar-refractivity contribution < 1.29 is 9.53 Å². The predicted molar refractivity (Wildman–Crippen MR) is 78.7 cm³/mol. The van der Waals surface area contributed by atoms with Crippen LogP contribution < -0.4 is 10.6 Å². The van der Waals surface area contributed by atoms with Gasteiger partial charge in [-0.1, -0.05) is 19.3 Å². The normalized spacial score (nSPS) is 24.5. The van der Waals surface area contributed by atoms with Crippen LogP contribution >= 0.6 is 12.4 Å². The summed E-state index contributed by atoms with van der Waals surface area (Å²) in [5.74, 6) is 0.350. The van der Waals surface area contributed by atoms with Crippen LogP contribution in [0.1, 0.15) is 44.9 Å². The Kier molecular flexibility index (Phi) is 8.42. The van der Waals surface area contributed by atoms with Crippen molar-refractivity contribution in [2.75, 3.05) is 26.2 Å². The summed E-state index contributed by atoms with van der Waals surface area (Å²) in [6.45, 7) is 3.20. The molecule has 1 saturated carbocycles. The maximum Gasteiger partial charge on any atom is 0.224 e. The molecule has 112 valence electrons. The summed E-state index contributed by atoms with van der Waals surface area (Å²) in [5.41, 5.74) is 0. The van der Waals surface area contributed by atoms with Gasteiger partial charge in [0.2, 0.25) is 5.91 Å². The van der Waals surface area contributed by atoms with E-state index in [1.54, 1.807) is 0 Å². The van der Waals surface area contributed by atoms with Crippen LogP contribution in [0.4, 0.5) is 0 Å². The van der Waals surface area contributed by atoms with Crippen LogP contribution in [0.25, 0.3) is 0 Å². The van der Waals surface area contributed by atoms with E-state index in [0.29, 0.717) is 19.3 Å². The number of rotatable bonds is 5. The van der Waals surface area contributed by atoms with Gasteiger partial charge < -0.3 is 15.4 Å². The number of hydrogen-bond acceptors (Lipinski definition) is 3. The van der Waals surface area contributed by atoms with Gasteiger partial charge in [-0.3, -0.25) is 4.79 Å². The van der Waals surface area contributed by atoms with E-state index < -0.39 is 0 Å². The zero-order valence-corrected chi connectivity index (χ0v) is 12.5. The number of carbonyl (C=O) groups is 1. The van der Waals surface area contributed by atoms with Gasteiger partial charge in [0.15, 0.2) is 0 Å². The molecule has 2 aliphatic rings. The Morgan fingerprint density at radius 2 is 1.95 bits per heavy atom. The van der Waals surface area contributed by atoms with Crippen molar-refractivity contribution in [2.24, 2.45) is 5.92 Å². The second-order valence-corrected chi connectivity index (χ2v) is 5.47. The van der Waals surface area contributed by atoms with Gasteiger partial charge in [-0.05, 0) is 32.2 Å². The molecule has 0 aromatic rings. The molecule has 19 heavy (non-hydrogen) atoms. The maximum absolute atomic E-state index is 11.8. The Morgan fingerprint density at radius 3 is 2.63 bits per heavy atom. The van der Waals surface area contributed by atoms with Crippen LogP contribution in [-0.4, -0.2) is 38.3 Å². The highest BCUT2D eigenvalue weighted by atomic mass is 35.5. The minimum absolute atomic E-state index is 0. The van der Waals surface area contributed by atoms with Gasteiger partial charge in [-0.25, -0.2) is 0 Å². The minimum atomic E-state index is 0. The van der Waals surface area contributed by atoms with Gasteiger partial charge >= 0.3 is 0 Å². The van der Waals surface area contributed by atoms with E-state index in [-0.39, 0.29) is 24.2 Å². The van der Waals surface area contributed by atoms with Crippen molar-refractivity contribution in [2.45, 2.75) is 51.0 Å². The van der Waals surface area contributed by atoms with E-state index in [1.807, 2.05) is 0 Å². The molecule has 1 heterocycles. The van der Waals surface area contributed by atoms with Crippen molar-refractivity contribution in [3.8, 4) is 0 Å². The first-order chi connectivity index (χ1) is 8.86. The van der Waals surface area contributed by atoms with Crippen molar-refractivity contribution >= 4 is 18.3 Å². The molecule has 1 aliphatic carbocycles. The lowest BCUT2D eigenvalue weighted by Gasteiger charge is -2.23. The summed E-state index contributed by atoms with van der Waals surface area (Å²) in [5, 5.41) is 6.25. The Hall–Kier alpha value is -0.320. The van der Waals surface area contributed by atoms with Gasteiger partial charge in [0, 0.05) is 13.1 Å². The Morgan fingerprint density at radius 1 is 1.16 bits per heavy atom. The van der Waals surface area contributed by atoms with Gasteiger partial charge in [0.05, 0.1) is 18.6 Å². The third-order valence-electron chi connectivity index (χ3n) is 3.97. The van der Waals surface area contributed by atoms with E-state index in [9.17, 15) is 4.79 Å². The second kappa shape index (κ2) is 9.56. The molecule has 1 unspecified atom stereocenters. The number of carbonyl (C=O) groups excluding carboxylic acids is 1. The molecule has 2 N–H and O–H groups in total. The lowest BCUT2D eigenvalue weighted by Crippen LogP contribution is -2.41. The van der Waals surface area contributed by atoms with E-state index in [0.717, 1.165) is 25.9 Å². The topological polar surface area (TPSA) is 50.4 Å². The molecule has 4 nitrogen and oxygen atoms in total. The average molecular weight is 291 g/mol. The van der Waals surface area contributed by atoms with Crippen LogP contribution in [0.5, 0.6) is 0 Å². The molecule has 2 fully saturated rings. The van der Waals surface area contributed by atoms with E-state index in [1.165, 1.54) is 32.1 Å². The van der Waals surface area contributed by atoms with Crippen LogP contribution in [0.15, 0.2) is 0 Å². The number of hydrogen-bond donors (Lipinski definition) is 2. The summed E-state index contributed by atoms with van der Waals surface area (Å²) in [6, 6.07) is 0. The van der Waals surface area contributed by atoms with E-state index >= 15 is 0 Å². The van der Waals surface area contributed by atoms with Crippen molar-refractivity contribution in [3.63, 3.8) is 0 Å². The summed E-state index contributed by atoms with van der Waals surface area (Å²) >= 11 is 0.